The minimum Gasteiger partial charge on any atom is -0.346 e. The number of hydrogen-bond acceptors (Lipinski definition) is 3. The zero-order valence-corrected chi connectivity index (χ0v) is 11.4. The van der Waals surface area contributed by atoms with E-state index in [1.54, 1.807) is 6.20 Å². The molecule has 3 aromatic heterocycles. The average Bonchev–Trinajstić information content (AvgIpc) is 2.95. The summed E-state index contributed by atoms with van der Waals surface area (Å²) in [7, 11) is 0. The third-order valence-corrected chi connectivity index (χ3v) is 3.41. The van der Waals surface area contributed by atoms with Crippen LogP contribution in [-0.2, 0) is 5.41 Å². The lowest BCUT2D eigenvalue weighted by atomic mass is 9.90. The zero-order valence-electron chi connectivity index (χ0n) is 11.4. The Morgan fingerprint density at radius 1 is 1.20 bits per heavy atom. The van der Waals surface area contributed by atoms with Crippen molar-refractivity contribution in [1.29, 1.82) is 5.26 Å². The van der Waals surface area contributed by atoms with Gasteiger partial charge in [-0.15, -0.1) is 0 Å². The van der Waals surface area contributed by atoms with E-state index in [1.807, 2.05) is 50.4 Å². The van der Waals surface area contributed by atoms with E-state index in [2.05, 4.69) is 21.0 Å². The molecule has 98 valence electrons. The molecule has 0 atom stereocenters. The second-order valence-electron chi connectivity index (χ2n) is 5.24. The van der Waals surface area contributed by atoms with E-state index in [9.17, 15) is 5.26 Å². The predicted molar refractivity (Wildman–Crippen MR) is 78.0 cm³/mol. The number of fused-ring (bicyclic) bond motifs is 1. The highest BCUT2D eigenvalue weighted by molar-refractivity contribution is 5.91. The number of pyridine rings is 2. The van der Waals surface area contributed by atoms with Gasteiger partial charge in [-0.2, -0.15) is 5.26 Å². The Labute approximate surface area is 117 Å². The van der Waals surface area contributed by atoms with Crippen molar-refractivity contribution in [1.82, 2.24) is 15.0 Å². The summed E-state index contributed by atoms with van der Waals surface area (Å²) in [5.41, 5.74) is 2.90. The average molecular weight is 262 g/mol. The second-order valence-corrected chi connectivity index (χ2v) is 5.24. The summed E-state index contributed by atoms with van der Waals surface area (Å²) in [6.45, 7) is 3.75. The van der Waals surface area contributed by atoms with Crippen LogP contribution in [0.1, 0.15) is 19.5 Å². The smallest absolute Gasteiger partial charge is 0.137 e. The van der Waals surface area contributed by atoms with Gasteiger partial charge in [-0.3, -0.25) is 4.98 Å². The fourth-order valence-corrected chi connectivity index (χ4v) is 2.17. The maximum absolute atomic E-state index is 9.24. The number of H-pyrrole nitrogens is 1. The van der Waals surface area contributed by atoms with E-state index in [1.165, 1.54) is 0 Å². The minimum atomic E-state index is -0.597. The first-order valence-corrected chi connectivity index (χ1v) is 6.43. The normalized spacial score (nSPS) is 11.4. The topological polar surface area (TPSA) is 65.4 Å². The van der Waals surface area contributed by atoms with Gasteiger partial charge in [-0.1, -0.05) is 6.07 Å². The Kier molecular flexibility index (Phi) is 2.76. The first-order chi connectivity index (χ1) is 9.62. The molecule has 0 spiro atoms. The van der Waals surface area contributed by atoms with E-state index in [0.717, 1.165) is 28.0 Å². The molecule has 0 unspecified atom stereocenters. The van der Waals surface area contributed by atoms with E-state index >= 15 is 0 Å². The summed E-state index contributed by atoms with van der Waals surface area (Å²) >= 11 is 0. The van der Waals surface area contributed by atoms with Crippen LogP contribution in [0.2, 0.25) is 0 Å². The van der Waals surface area contributed by atoms with Crippen LogP contribution in [0.15, 0.2) is 42.7 Å². The molecule has 0 fully saturated rings. The van der Waals surface area contributed by atoms with E-state index in [-0.39, 0.29) is 0 Å². The van der Waals surface area contributed by atoms with Crippen LogP contribution in [0.4, 0.5) is 0 Å². The van der Waals surface area contributed by atoms with Crippen molar-refractivity contribution >= 4 is 11.0 Å². The fraction of sp³-hybridized carbons (Fsp3) is 0.188. The van der Waals surface area contributed by atoms with Crippen LogP contribution < -0.4 is 0 Å². The van der Waals surface area contributed by atoms with E-state index in [0.29, 0.717) is 0 Å². The molecule has 0 aliphatic carbocycles. The molecule has 0 bridgehead atoms. The maximum atomic E-state index is 9.24. The summed E-state index contributed by atoms with van der Waals surface area (Å²) in [6.07, 6.45) is 3.63. The van der Waals surface area contributed by atoms with Gasteiger partial charge in [0.15, 0.2) is 0 Å². The van der Waals surface area contributed by atoms with Crippen LogP contribution in [0.5, 0.6) is 0 Å². The monoisotopic (exact) mass is 262 g/mol. The quantitative estimate of drug-likeness (QED) is 0.769. The van der Waals surface area contributed by atoms with Crippen LogP contribution in [0, 0.1) is 11.3 Å². The number of nitrogens with one attached hydrogen (secondary N) is 1. The highest BCUT2D eigenvalue weighted by Crippen LogP contribution is 2.28. The molecule has 0 saturated heterocycles. The largest absolute Gasteiger partial charge is 0.346 e. The molecule has 3 rings (SSSR count). The fourth-order valence-electron chi connectivity index (χ4n) is 2.17. The number of nitrogens with zero attached hydrogens (tertiary/aromatic N) is 3. The minimum absolute atomic E-state index is 0.597. The Balaban J connectivity index is 2.19. The lowest BCUT2D eigenvalue weighted by Crippen LogP contribution is -2.16. The number of nitriles is 1. The Morgan fingerprint density at radius 3 is 2.85 bits per heavy atom. The summed E-state index contributed by atoms with van der Waals surface area (Å²) in [5, 5.41) is 10.3. The predicted octanol–water partition coefficient (Wildman–Crippen LogP) is 3.43. The van der Waals surface area contributed by atoms with Crippen LogP contribution in [0.3, 0.4) is 0 Å². The van der Waals surface area contributed by atoms with Gasteiger partial charge in [0.05, 0.1) is 22.9 Å². The molecule has 1 N–H and O–H groups in total. The molecule has 0 saturated carbocycles. The van der Waals surface area contributed by atoms with Gasteiger partial charge < -0.3 is 4.98 Å². The van der Waals surface area contributed by atoms with Crippen LogP contribution >= 0.6 is 0 Å². The molecule has 20 heavy (non-hydrogen) atoms. The van der Waals surface area contributed by atoms with Crippen molar-refractivity contribution in [3.63, 3.8) is 0 Å². The SMILES string of the molecule is CC(C)(C#N)c1cccc(-c2ccnc3[nH]ccc23)n1. The molecule has 0 radical (unpaired) electrons. The van der Waals surface area contributed by atoms with Crippen molar-refractivity contribution in [3.05, 3.63) is 48.4 Å². The van der Waals surface area contributed by atoms with Gasteiger partial charge in [0, 0.05) is 23.3 Å². The first-order valence-electron chi connectivity index (χ1n) is 6.43. The Hall–Kier alpha value is -2.67. The van der Waals surface area contributed by atoms with Gasteiger partial charge in [0.25, 0.3) is 0 Å². The third-order valence-electron chi connectivity index (χ3n) is 3.41. The van der Waals surface area contributed by atoms with Gasteiger partial charge in [0.1, 0.15) is 5.65 Å². The molecule has 0 amide bonds. The molecule has 0 aliphatic heterocycles. The summed E-state index contributed by atoms with van der Waals surface area (Å²) in [4.78, 5) is 12.0. The number of aromatic nitrogens is 3. The molecule has 0 aromatic carbocycles. The first kappa shape index (κ1) is 12.4. The molecule has 3 heterocycles. The Morgan fingerprint density at radius 2 is 2.05 bits per heavy atom. The van der Waals surface area contributed by atoms with Crippen molar-refractivity contribution < 1.29 is 0 Å². The van der Waals surface area contributed by atoms with Gasteiger partial charge >= 0.3 is 0 Å². The molecule has 4 nitrogen and oxygen atoms in total. The third kappa shape index (κ3) is 1.94. The van der Waals surface area contributed by atoms with E-state index < -0.39 is 5.41 Å². The number of rotatable bonds is 2. The van der Waals surface area contributed by atoms with Crippen molar-refractivity contribution in [3.8, 4) is 17.3 Å². The van der Waals surface area contributed by atoms with Gasteiger partial charge in [-0.05, 0) is 38.1 Å². The highest BCUT2D eigenvalue weighted by Gasteiger charge is 2.22. The molecular weight excluding hydrogens is 248 g/mol. The highest BCUT2D eigenvalue weighted by atomic mass is 14.8. The van der Waals surface area contributed by atoms with Gasteiger partial charge in [-0.25, -0.2) is 4.98 Å². The summed E-state index contributed by atoms with van der Waals surface area (Å²) < 4.78 is 0. The Bertz CT molecular complexity index is 808. The van der Waals surface area contributed by atoms with Crippen molar-refractivity contribution in [2.75, 3.05) is 0 Å². The van der Waals surface area contributed by atoms with Gasteiger partial charge in [0.2, 0.25) is 0 Å². The zero-order chi connectivity index (χ0) is 14.2. The summed E-state index contributed by atoms with van der Waals surface area (Å²) in [6, 6.07) is 12.0. The number of hydrogen-bond donors (Lipinski definition) is 1. The van der Waals surface area contributed by atoms with Crippen LogP contribution in [0.25, 0.3) is 22.3 Å². The van der Waals surface area contributed by atoms with Crippen molar-refractivity contribution in [2.24, 2.45) is 0 Å². The number of aromatic amines is 1. The standard InChI is InChI=1S/C16H14N4/c1-16(2,10-17)14-5-3-4-13(20-14)11-6-8-18-15-12(11)7-9-19-15/h3-9H,1-2H3,(H,18,19). The van der Waals surface area contributed by atoms with Crippen molar-refractivity contribution in [2.45, 2.75) is 19.3 Å². The lowest BCUT2D eigenvalue weighted by Gasteiger charge is -2.15. The lowest BCUT2D eigenvalue weighted by molar-refractivity contribution is 0.660. The van der Waals surface area contributed by atoms with E-state index in [4.69, 9.17) is 0 Å². The van der Waals surface area contributed by atoms with Crippen LogP contribution in [-0.4, -0.2) is 15.0 Å². The second kappa shape index (κ2) is 4.46. The maximum Gasteiger partial charge on any atom is 0.137 e. The molecule has 0 aliphatic rings. The summed E-state index contributed by atoms with van der Waals surface area (Å²) in [5.74, 6) is 0. The molecular formula is C16H14N4. The molecule has 3 aromatic rings. The molecule has 4 heteroatoms.